The molecule has 0 amide bonds. The third-order valence-electron chi connectivity index (χ3n) is 10.9. The number of anilines is 3. The van der Waals surface area contributed by atoms with Crippen LogP contribution in [-0.2, 0) is 0 Å². The summed E-state index contributed by atoms with van der Waals surface area (Å²) in [7, 11) is 0. The lowest BCUT2D eigenvalue weighted by Gasteiger charge is -2.27. The Labute approximate surface area is 317 Å². The van der Waals surface area contributed by atoms with E-state index in [-0.39, 0.29) is 0 Å². The number of rotatable bonds is 6. The zero-order valence-electron chi connectivity index (χ0n) is 29.8. The minimum Gasteiger partial charge on any atom is -0.456 e. The van der Waals surface area contributed by atoms with Gasteiger partial charge in [0.25, 0.3) is 0 Å². The van der Waals surface area contributed by atoms with Gasteiger partial charge in [-0.1, -0.05) is 140 Å². The van der Waals surface area contributed by atoms with Crippen LogP contribution in [0.1, 0.15) is 0 Å². The molecule has 0 N–H and O–H groups in total. The molecule has 0 bridgehead atoms. The standard InChI is InChI=1S/C52H33NO2/c1-2-12-34(13-3-1)35-24-28-39(29-25-35)53(46-20-11-23-49-52(46)45-19-7-9-22-48(45)54-49)40-15-10-14-36(33-40)41-16-4-5-17-42(41)37-26-30-43-38(32-37)27-31-50-51(43)44-18-6-8-21-47(44)55-50/h1-33H. The number of furan rings is 2. The van der Waals surface area contributed by atoms with Crippen LogP contribution in [0.25, 0.3) is 88.0 Å². The summed E-state index contributed by atoms with van der Waals surface area (Å²) < 4.78 is 12.6. The van der Waals surface area contributed by atoms with Crippen molar-refractivity contribution in [1.29, 1.82) is 0 Å². The highest BCUT2D eigenvalue weighted by Crippen LogP contribution is 2.45. The summed E-state index contributed by atoms with van der Waals surface area (Å²) in [6, 6.07) is 71.0. The third-order valence-corrected chi connectivity index (χ3v) is 10.9. The van der Waals surface area contributed by atoms with E-state index >= 15 is 0 Å². The molecule has 11 rings (SSSR count). The average molecular weight is 704 g/mol. The van der Waals surface area contributed by atoms with Crippen molar-refractivity contribution in [3.63, 3.8) is 0 Å². The topological polar surface area (TPSA) is 29.5 Å². The molecule has 0 radical (unpaired) electrons. The quantitative estimate of drug-likeness (QED) is 0.173. The molecule has 55 heavy (non-hydrogen) atoms. The molecule has 3 nitrogen and oxygen atoms in total. The van der Waals surface area contributed by atoms with Crippen molar-refractivity contribution in [3.05, 3.63) is 200 Å². The van der Waals surface area contributed by atoms with Gasteiger partial charge < -0.3 is 13.7 Å². The molecule has 258 valence electrons. The molecule has 0 aliphatic carbocycles. The molecule has 2 heterocycles. The Morgan fingerprint density at radius 1 is 0.309 bits per heavy atom. The van der Waals surface area contributed by atoms with Gasteiger partial charge in [0.2, 0.25) is 0 Å². The minimum absolute atomic E-state index is 0.864. The van der Waals surface area contributed by atoms with Gasteiger partial charge in [0, 0.05) is 27.5 Å². The van der Waals surface area contributed by atoms with Crippen LogP contribution >= 0.6 is 0 Å². The maximum Gasteiger partial charge on any atom is 0.137 e. The second kappa shape index (κ2) is 12.6. The first-order valence-electron chi connectivity index (χ1n) is 18.7. The second-order valence-corrected chi connectivity index (χ2v) is 14.1. The summed E-state index contributed by atoms with van der Waals surface area (Å²) >= 11 is 0. The second-order valence-electron chi connectivity index (χ2n) is 14.1. The molecule has 0 aliphatic rings. The van der Waals surface area contributed by atoms with Crippen molar-refractivity contribution < 1.29 is 8.83 Å². The van der Waals surface area contributed by atoms with E-state index in [1.165, 1.54) is 38.6 Å². The highest BCUT2D eigenvalue weighted by atomic mass is 16.3. The molecule has 9 aromatic carbocycles. The number of hydrogen-bond donors (Lipinski definition) is 0. The van der Waals surface area contributed by atoms with Crippen LogP contribution in [0.4, 0.5) is 17.1 Å². The molecule has 0 saturated heterocycles. The summed E-state index contributed by atoms with van der Waals surface area (Å²) in [6.45, 7) is 0. The Bertz CT molecular complexity index is 3210. The number of nitrogens with zero attached hydrogens (tertiary/aromatic N) is 1. The summed E-state index contributed by atoms with van der Waals surface area (Å²) in [5.41, 5.74) is 13.8. The Kier molecular flexibility index (Phi) is 7.17. The molecule has 11 aromatic rings. The molecular weight excluding hydrogens is 671 g/mol. The molecule has 0 saturated carbocycles. The number of hydrogen-bond acceptors (Lipinski definition) is 3. The fourth-order valence-electron chi connectivity index (χ4n) is 8.32. The first-order valence-corrected chi connectivity index (χ1v) is 18.7. The Morgan fingerprint density at radius 3 is 1.64 bits per heavy atom. The smallest absolute Gasteiger partial charge is 0.137 e. The molecular formula is C52H33NO2. The molecule has 2 aromatic heterocycles. The van der Waals surface area contributed by atoms with Gasteiger partial charge in [-0.3, -0.25) is 0 Å². The minimum atomic E-state index is 0.864. The molecule has 0 fully saturated rings. The van der Waals surface area contributed by atoms with Crippen LogP contribution in [-0.4, -0.2) is 0 Å². The van der Waals surface area contributed by atoms with Crippen molar-refractivity contribution in [2.45, 2.75) is 0 Å². The zero-order chi connectivity index (χ0) is 36.3. The summed E-state index contributed by atoms with van der Waals surface area (Å²) in [6.07, 6.45) is 0. The van der Waals surface area contributed by atoms with Gasteiger partial charge in [-0.25, -0.2) is 0 Å². The third kappa shape index (κ3) is 5.20. The van der Waals surface area contributed by atoms with Gasteiger partial charge in [0.05, 0.1) is 11.1 Å². The molecule has 0 spiro atoms. The fraction of sp³-hybridized carbons (Fsp3) is 0. The predicted octanol–water partition coefficient (Wildman–Crippen LogP) is 15.1. The van der Waals surface area contributed by atoms with Gasteiger partial charge in [0.1, 0.15) is 22.3 Å². The van der Waals surface area contributed by atoms with Crippen molar-refractivity contribution in [2.75, 3.05) is 4.90 Å². The number of benzene rings is 9. The van der Waals surface area contributed by atoms with E-state index in [9.17, 15) is 0 Å². The SMILES string of the molecule is c1ccc(-c2ccc(N(c3cccc(-c4ccccc4-c4ccc5c(ccc6oc7ccccc7c65)c4)c3)c3cccc4oc5ccccc5c34)cc2)cc1. The lowest BCUT2D eigenvalue weighted by molar-refractivity contribution is 0.668. The Morgan fingerprint density at radius 2 is 0.873 bits per heavy atom. The van der Waals surface area contributed by atoms with Gasteiger partial charge in [-0.05, 0) is 105 Å². The van der Waals surface area contributed by atoms with Crippen molar-refractivity contribution in [3.8, 4) is 33.4 Å². The van der Waals surface area contributed by atoms with Crippen LogP contribution in [0.2, 0.25) is 0 Å². The van der Waals surface area contributed by atoms with Crippen LogP contribution in [0.3, 0.4) is 0 Å². The summed E-state index contributed by atoms with van der Waals surface area (Å²) in [5.74, 6) is 0. The molecule has 3 heteroatoms. The Hall–Kier alpha value is -7.36. The first kappa shape index (κ1) is 31.2. The largest absolute Gasteiger partial charge is 0.456 e. The molecule has 0 atom stereocenters. The summed E-state index contributed by atoms with van der Waals surface area (Å²) in [5, 5.41) is 6.87. The highest BCUT2D eigenvalue weighted by Gasteiger charge is 2.20. The van der Waals surface area contributed by atoms with E-state index in [0.29, 0.717) is 0 Å². The average Bonchev–Trinajstić information content (AvgIpc) is 3.84. The normalized spacial score (nSPS) is 11.6. The van der Waals surface area contributed by atoms with Crippen LogP contribution in [0.5, 0.6) is 0 Å². The maximum absolute atomic E-state index is 6.39. The lowest BCUT2D eigenvalue weighted by atomic mass is 9.92. The number of fused-ring (bicyclic) bond motifs is 8. The summed E-state index contributed by atoms with van der Waals surface area (Å²) in [4.78, 5) is 2.36. The molecule has 0 aliphatic heterocycles. The predicted molar refractivity (Wildman–Crippen MR) is 229 cm³/mol. The number of para-hydroxylation sites is 2. The van der Waals surface area contributed by atoms with Crippen LogP contribution in [0, 0.1) is 0 Å². The zero-order valence-corrected chi connectivity index (χ0v) is 29.8. The van der Waals surface area contributed by atoms with E-state index in [1.54, 1.807) is 0 Å². The molecule has 0 unspecified atom stereocenters. The van der Waals surface area contributed by atoms with Gasteiger partial charge in [-0.15, -0.1) is 0 Å². The van der Waals surface area contributed by atoms with Gasteiger partial charge in [-0.2, -0.15) is 0 Å². The van der Waals surface area contributed by atoms with Crippen molar-refractivity contribution in [1.82, 2.24) is 0 Å². The monoisotopic (exact) mass is 703 g/mol. The van der Waals surface area contributed by atoms with Crippen LogP contribution < -0.4 is 4.90 Å². The van der Waals surface area contributed by atoms with Gasteiger partial charge in [0.15, 0.2) is 0 Å². The van der Waals surface area contributed by atoms with E-state index in [0.717, 1.165) is 66.5 Å². The van der Waals surface area contributed by atoms with Crippen molar-refractivity contribution >= 4 is 71.7 Å². The fourth-order valence-corrected chi connectivity index (χ4v) is 8.32. The van der Waals surface area contributed by atoms with Gasteiger partial charge >= 0.3 is 0 Å². The van der Waals surface area contributed by atoms with Crippen LogP contribution in [0.15, 0.2) is 209 Å². The van der Waals surface area contributed by atoms with E-state index in [1.807, 2.05) is 24.3 Å². The van der Waals surface area contributed by atoms with Crippen molar-refractivity contribution in [2.24, 2.45) is 0 Å². The van der Waals surface area contributed by atoms with E-state index in [4.69, 9.17) is 8.83 Å². The van der Waals surface area contributed by atoms with E-state index in [2.05, 4.69) is 181 Å². The highest BCUT2D eigenvalue weighted by molar-refractivity contribution is 6.19. The first-order chi connectivity index (χ1) is 27.3. The Balaban J connectivity index is 1.06. The lowest BCUT2D eigenvalue weighted by Crippen LogP contribution is -2.10. The maximum atomic E-state index is 6.39. The van der Waals surface area contributed by atoms with E-state index < -0.39 is 0 Å².